The zero-order valence-electron chi connectivity index (χ0n) is 16.2. The number of hydrogen-bond donors (Lipinski definition) is 2. The van der Waals surface area contributed by atoms with Crippen LogP contribution >= 0.6 is 0 Å². The standard InChI is InChI=1S/C23H30O4/c1-15-10-11-18-16(2)27-21-14-17(13-20(24)23(21)19(18)12-15)8-6-4-3-5-7-9-22(25)26/h12-14,18-19,24H,2-11H2,1H3,(H,25,26)/t18-,19?/m0/s1. The van der Waals surface area contributed by atoms with Crippen LogP contribution in [-0.4, -0.2) is 16.2 Å². The summed E-state index contributed by atoms with van der Waals surface area (Å²) in [4.78, 5) is 10.5. The first-order chi connectivity index (χ1) is 13.0. The molecule has 1 aromatic rings. The molecule has 0 fully saturated rings. The van der Waals surface area contributed by atoms with Crippen molar-refractivity contribution in [3.05, 3.63) is 47.2 Å². The lowest BCUT2D eigenvalue weighted by molar-refractivity contribution is -0.137. The number of carboxylic acids is 1. The maximum Gasteiger partial charge on any atom is 0.303 e. The molecule has 0 spiro atoms. The number of aromatic hydroxyl groups is 1. The number of ether oxygens (including phenoxy) is 1. The Morgan fingerprint density at radius 2 is 1.96 bits per heavy atom. The predicted octanol–water partition coefficient (Wildman–Crippen LogP) is 5.71. The summed E-state index contributed by atoms with van der Waals surface area (Å²) < 4.78 is 6.00. The molecule has 1 unspecified atom stereocenters. The van der Waals surface area contributed by atoms with Crippen LogP contribution in [0.15, 0.2) is 36.1 Å². The van der Waals surface area contributed by atoms with Gasteiger partial charge in [-0.25, -0.2) is 0 Å². The van der Waals surface area contributed by atoms with Gasteiger partial charge >= 0.3 is 5.97 Å². The van der Waals surface area contributed by atoms with Gasteiger partial charge < -0.3 is 14.9 Å². The summed E-state index contributed by atoms with van der Waals surface area (Å²) in [6.07, 6.45) is 10.3. The largest absolute Gasteiger partial charge is 0.507 e. The van der Waals surface area contributed by atoms with Gasteiger partial charge in [0, 0.05) is 23.8 Å². The van der Waals surface area contributed by atoms with Crippen molar-refractivity contribution in [3.63, 3.8) is 0 Å². The fraction of sp³-hybridized carbons (Fsp3) is 0.522. The number of phenolic OH excluding ortho intramolecular Hbond substituents is 1. The fourth-order valence-corrected chi connectivity index (χ4v) is 4.30. The van der Waals surface area contributed by atoms with Crippen molar-refractivity contribution < 1.29 is 19.7 Å². The van der Waals surface area contributed by atoms with Gasteiger partial charge in [0.2, 0.25) is 0 Å². The van der Waals surface area contributed by atoms with E-state index >= 15 is 0 Å². The van der Waals surface area contributed by atoms with Crippen LogP contribution in [-0.2, 0) is 11.2 Å². The first-order valence-electron chi connectivity index (χ1n) is 10.1. The fourth-order valence-electron chi connectivity index (χ4n) is 4.30. The summed E-state index contributed by atoms with van der Waals surface area (Å²) in [5.74, 6) is 1.60. The molecule has 0 radical (unpaired) electrons. The van der Waals surface area contributed by atoms with E-state index in [0.717, 1.165) is 74.0 Å². The monoisotopic (exact) mass is 370 g/mol. The SMILES string of the molecule is C=C1Oc2cc(CCCCCCCC(=O)O)cc(O)c2C2C=C(C)CC[C@@H]12. The van der Waals surface area contributed by atoms with E-state index in [-0.39, 0.29) is 18.3 Å². The van der Waals surface area contributed by atoms with Gasteiger partial charge in [-0.1, -0.05) is 37.5 Å². The van der Waals surface area contributed by atoms with Crippen LogP contribution in [0.4, 0.5) is 0 Å². The number of aliphatic carboxylic acids is 1. The average Bonchev–Trinajstić information content (AvgIpc) is 2.60. The van der Waals surface area contributed by atoms with Gasteiger partial charge in [0.05, 0.1) is 0 Å². The van der Waals surface area contributed by atoms with Crippen molar-refractivity contribution in [1.29, 1.82) is 0 Å². The summed E-state index contributed by atoms with van der Waals surface area (Å²) in [5, 5.41) is 19.3. The molecule has 146 valence electrons. The zero-order valence-corrected chi connectivity index (χ0v) is 16.2. The first kappa shape index (κ1) is 19.5. The summed E-state index contributed by atoms with van der Waals surface area (Å²) in [7, 11) is 0. The van der Waals surface area contributed by atoms with E-state index in [0.29, 0.717) is 5.75 Å². The highest BCUT2D eigenvalue weighted by Gasteiger charge is 2.36. The molecule has 4 heteroatoms. The smallest absolute Gasteiger partial charge is 0.303 e. The minimum atomic E-state index is -0.716. The maximum atomic E-state index is 10.7. The van der Waals surface area contributed by atoms with Crippen LogP contribution in [0.5, 0.6) is 11.5 Å². The Bertz CT molecular complexity index is 747. The van der Waals surface area contributed by atoms with Crippen LogP contribution in [0, 0.1) is 5.92 Å². The maximum absolute atomic E-state index is 10.7. The molecule has 2 aliphatic rings. The van der Waals surface area contributed by atoms with Crippen molar-refractivity contribution in [2.24, 2.45) is 5.92 Å². The molecule has 0 bridgehead atoms. The van der Waals surface area contributed by atoms with Crippen molar-refractivity contribution in [3.8, 4) is 11.5 Å². The van der Waals surface area contributed by atoms with Crippen LogP contribution in [0.25, 0.3) is 0 Å². The number of fused-ring (bicyclic) bond motifs is 3. The molecule has 4 nitrogen and oxygen atoms in total. The number of hydrogen-bond acceptors (Lipinski definition) is 3. The van der Waals surface area contributed by atoms with Crippen molar-refractivity contribution in [2.45, 2.75) is 70.6 Å². The second kappa shape index (κ2) is 8.64. The third-order valence-electron chi connectivity index (χ3n) is 5.77. The van der Waals surface area contributed by atoms with E-state index in [2.05, 4.69) is 25.6 Å². The Hall–Kier alpha value is -2.23. The molecule has 1 heterocycles. The minimum absolute atomic E-state index is 0.165. The average molecular weight is 370 g/mol. The lowest BCUT2D eigenvalue weighted by atomic mass is 9.74. The third-order valence-corrected chi connectivity index (χ3v) is 5.77. The topological polar surface area (TPSA) is 66.8 Å². The molecule has 0 amide bonds. The summed E-state index contributed by atoms with van der Waals surface area (Å²) >= 11 is 0. The molecule has 2 N–H and O–H groups in total. The van der Waals surface area contributed by atoms with E-state index in [1.54, 1.807) is 0 Å². The molecule has 1 aromatic carbocycles. The van der Waals surface area contributed by atoms with Crippen molar-refractivity contribution in [2.75, 3.05) is 0 Å². The molecular weight excluding hydrogens is 340 g/mol. The van der Waals surface area contributed by atoms with Crippen LogP contribution in [0.2, 0.25) is 0 Å². The number of unbranched alkanes of at least 4 members (excludes halogenated alkanes) is 4. The number of allylic oxidation sites excluding steroid dienone is 3. The van der Waals surface area contributed by atoms with E-state index in [1.165, 1.54) is 5.57 Å². The van der Waals surface area contributed by atoms with Gasteiger partial charge in [0.1, 0.15) is 17.3 Å². The molecule has 1 aliphatic heterocycles. The van der Waals surface area contributed by atoms with Gasteiger partial charge in [-0.05, 0) is 56.7 Å². The second-order valence-corrected chi connectivity index (χ2v) is 7.94. The molecule has 0 aromatic heterocycles. The highest BCUT2D eigenvalue weighted by molar-refractivity contribution is 5.66. The minimum Gasteiger partial charge on any atom is -0.507 e. The van der Waals surface area contributed by atoms with E-state index in [1.807, 2.05) is 6.07 Å². The predicted molar refractivity (Wildman–Crippen MR) is 106 cm³/mol. The number of rotatable bonds is 8. The first-order valence-corrected chi connectivity index (χ1v) is 10.1. The van der Waals surface area contributed by atoms with Crippen molar-refractivity contribution >= 4 is 5.97 Å². The molecule has 2 atom stereocenters. The Morgan fingerprint density at radius 3 is 2.74 bits per heavy atom. The third kappa shape index (κ3) is 4.74. The summed E-state index contributed by atoms with van der Waals surface area (Å²) in [6.45, 7) is 6.27. The number of carboxylic acid groups (broad SMARTS) is 1. The van der Waals surface area contributed by atoms with Crippen LogP contribution in [0.3, 0.4) is 0 Å². The Kier molecular flexibility index (Phi) is 6.25. The van der Waals surface area contributed by atoms with E-state index in [4.69, 9.17) is 9.84 Å². The molecule has 0 saturated heterocycles. The van der Waals surface area contributed by atoms with Gasteiger partial charge in [0.15, 0.2) is 0 Å². The zero-order chi connectivity index (χ0) is 19.4. The number of benzene rings is 1. The van der Waals surface area contributed by atoms with Crippen molar-refractivity contribution in [1.82, 2.24) is 0 Å². The Morgan fingerprint density at radius 1 is 1.22 bits per heavy atom. The number of aryl methyl sites for hydroxylation is 1. The second-order valence-electron chi connectivity index (χ2n) is 7.94. The molecule has 0 saturated carbocycles. The van der Waals surface area contributed by atoms with Crippen LogP contribution < -0.4 is 4.74 Å². The van der Waals surface area contributed by atoms with E-state index in [9.17, 15) is 9.90 Å². The lowest BCUT2D eigenvalue weighted by Gasteiger charge is -2.37. The highest BCUT2D eigenvalue weighted by atomic mass is 16.5. The lowest BCUT2D eigenvalue weighted by Crippen LogP contribution is -2.25. The quantitative estimate of drug-likeness (QED) is 0.454. The van der Waals surface area contributed by atoms with Gasteiger partial charge in [-0.2, -0.15) is 0 Å². The molecule has 27 heavy (non-hydrogen) atoms. The summed E-state index contributed by atoms with van der Waals surface area (Å²) in [5.41, 5.74) is 3.35. The van der Waals surface area contributed by atoms with Gasteiger partial charge in [-0.3, -0.25) is 4.79 Å². The number of phenols is 1. The molecule has 1 aliphatic carbocycles. The normalized spacial score (nSPS) is 21.1. The Labute approximate surface area is 161 Å². The molecular formula is C23H30O4. The van der Waals surface area contributed by atoms with Crippen LogP contribution in [0.1, 0.15) is 75.3 Å². The number of carbonyl (C=O) groups is 1. The molecule has 3 rings (SSSR count). The van der Waals surface area contributed by atoms with E-state index < -0.39 is 5.97 Å². The van der Waals surface area contributed by atoms with Gasteiger partial charge in [0.25, 0.3) is 0 Å². The Balaban J connectivity index is 1.61. The highest BCUT2D eigenvalue weighted by Crippen LogP contribution is 2.51. The summed E-state index contributed by atoms with van der Waals surface area (Å²) in [6, 6.07) is 3.94. The van der Waals surface area contributed by atoms with Gasteiger partial charge in [-0.15, -0.1) is 0 Å².